The number of nitrogens with one attached hydrogen (secondary N) is 1. The molecule has 1 saturated heterocycles. The van der Waals surface area contributed by atoms with Crippen molar-refractivity contribution in [1.29, 1.82) is 0 Å². The Labute approximate surface area is 135 Å². The molecule has 1 N–H and O–H groups in total. The molecule has 0 aromatic heterocycles. The SMILES string of the molecule is COCCC[C@@H]1CCCN(C(=O)Nc2cc(F)cc(Cl)c2)C1. The molecule has 1 fully saturated rings. The summed E-state index contributed by atoms with van der Waals surface area (Å²) in [5.41, 5.74) is 0.386. The van der Waals surface area contributed by atoms with Crippen LogP contribution in [0.1, 0.15) is 25.7 Å². The van der Waals surface area contributed by atoms with Gasteiger partial charge < -0.3 is 15.0 Å². The Balaban J connectivity index is 1.88. The molecule has 0 unspecified atom stereocenters. The molecule has 0 spiro atoms. The number of likely N-dealkylation sites (tertiary alicyclic amines) is 1. The molecule has 4 nitrogen and oxygen atoms in total. The summed E-state index contributed by atoms with van der Waals surface area (Å²) in [7, 11) is 1.70. The van der Waals surface area contributed by atoms with Gasteiger partial charge in [0, 0.05) is 37.5 Å². The van der Waals surface area contributed by atoms with Crippen LogP contribution in [0, 0.1) is 11.7 Å². The highest BCUT2D eigenvalue weighted by atomic mass is 35.5. The van der Waals surface area contributed by atoms with Crippen molar-refractivity contribution >= 4 is 23.3 Å². The normalized spacial score (nSPS) is 18.3. The first-order chi connectivity index (χ1) is 10.6. The number of nitrogens with zero attached hydrogens (tertiary/aromatic N) is 1. The zero-order valence-electron chi connectivity index (χ0n) is 12.8. The van der Waals surface area contributed by atoms with Crippen LogP contribution in [0.3, 0.4) is 0 Å². The van der Waals surface area contributed by atoms with E-state index in [9.17, 15) is 9.18 Å². The van der Waals surface area contributed by atoms with Crippen LogP contribution in [0.2, 0.25) is 5.02 Å². The largest absolute Gasteiger partial charge is 0.385 e. The molecule has 0 radical (unpaired) electrons. The van der Waals surface area contributed by atoms with Crippen LogP contribution in [0.15, 0.2) is 18.2 Å². The lowest BCUT2D eigenvalue weighted by atomic mass is 9.94. The molecule has 1 heterocycles. The monoisotopic (exact) mass is 328 g/mol. The van der Waals surface area contributed by atoms with Gasteiger partial charge in [-0.1, -0.05) is 11.6 Å². The molecule has 2 rings (SSSR count). The first-order valence-electron chi connectivity index (χ1n) is 7.59. The van der Waals surface area contributed by atoms with Crippen molar-refractivity contribution in [3.63, 3.8) is 0 Å². The highest BCUT2D eigenvalue weighted by Gasteiger charge is 2.23. The van der Waals surface area contributed by atoms with Crippen molar-refractivity contribution < 1.29 is 13.9 Å². The maximum atomic E-state index is 13.3. The predicted molar refractivity (Wildman–Crippen MR) is 85.8 cm³/mol. The molecule has 6 heteroatoms. The molecule has 2 amide bonds. The number of halogens is 2. The minimum absolute atomic E-state index is 0.196. The number of amides is 2. The Kier molecular flexibility index (Phi) is 6.46. The van der Waals surface area contributed by atoms with Crippen LogP contribution < -0.4 is 5.32 Å². The number of piperidine rings is 1. The lowest BCUT2D eigenvalue weighted by Crippen LogP contribution is -2.42. The fourth-order valence-electron chi connectivity index (χ4n) is 2.83. The molecular weight excluding hydrogens is 307 g/mol. The summed E-state index contributed by atoms with van der Waals surface area (Å²) in [5.74, 6) is 0.0460. The van der Waals surface area contributed by atoms with E-state index in [0.29, 0.717) is 11.6 Å². The molecule has 22 heavy (non-hydrogen) atoms. The number of rotatable bonds is 5. The standard InChI is InChI=1S/C16H22ClFN2O2/c1-22-7-3-5-12-4-2-6-20(11-12)16(21)19-15-9-13(17)8-14(18)10-15/h8-10,12H,2-7,11H2,1H3,(H,19,21)/t12-/m0/s1. The van der Waals surface area contributed by atoms with Gasteiger partial charge in [0.25, 0.3) is 0 Å². The summed E-state index contributed by atoms with van der Waals surface area (Å²) in [4.78, 5) is 14.1. The highest BCUT2D eigenvalue weighted by molar-refractivity contribution is 6.30. The molecule has 1 aromatic rings. The van der Waals surface area contributed by atoms with Gasteiger partial charge in [-0.15, -0.1) is 0 Å². The van der Waals surface area contributed by atoms with Crippen LogP contribution >= 0.6 is 11.6 Å². The molecule has 1 aliphatic heterocycles. The number of methoxy groups -OCH3 is 1. The number of urea groups is 1. The molecular formula is C16H22ClFN2O2. The van der Waals surface area contributed by atoms with E-state index >= 15 is 0 Å². The lowest BCUT2D eigenvalue weighted by molar-refractivity contribution is 0.156. The third-order valence-corrected chi connectivity index (χ3v) is 4.10. The van der Waals surface area contributed by atoms with Gasteiger partial charge in [-0.3, -0.25) is 0 Å². The predicted octanol–water partition coefficient (Wildman–Crippen LogP) is 4.15. The molecule has 0 saturated carbocycles. The average molecular weight is 329 g/mol. The van der Waals surface area contributed by atoms with Gasteiger partial charge in [0.1, 0.15) is 5.82 Å². The fraction of sp³-hybridized carbons (Fsp3) is 0.562. The molecule has 0 aliphatic carbocycles. The second-order valence-corrected chi connectivity index (χ2v) is 6.11. The number of carbonyl (C=O) groups excluding carboxylic acids is 1. The molecule has 122 valence electrons. The summed E-state index contributed by atoms with van der Waals surface area (Å²) in [5, 5.41) is 2.99. The second-order valence-electron chi connectivity index (χ2n) is 5.68. The van der Waals surface area contributed by atoms with E-state index in [1.165, 1.54) is 12.1 Å². The summed E-state index contributed by atoms with van der Waals surface area (Å²) < 4.78 is 18.4. The molecule has 1 atom stereocenters. The molecule has 1 aliphatic rings. The number of hydrogen-bond donors (Lipinski definition) is 1. The Hall–Kier alpha value is -1.33. The summed E-state index contributed by atoms with van der Waals surface area (Å²) in [6, 6.07) is 3.83. The second kappa shape index (κ2) is 8.34. The van der Waals surface area contributed by atoms with E-state index in [1.807, 2.05) is 0 Å². The summed E-state index contributed by atoms with van der Waals surface area (Å²) >= 11 is 5.80. The van der Waals surface area contributed by atoms with Crippen molar-refractivity contribution in [3.8, 4) is 0 Å². The van der Waals surface area contributed by atoms with Crippen molar-refractivity contribution in [2.75, 3.05) is 32.1 Å². The average Bonchev–Trinajstić information content (AvgIpc) is 2.47. The van der Waals surface area contributed by atoms with E-state index < -0.39 is 5.82 Å². The number of ether oxygens (including phenoxy) is 1. The van der Waals surface area contributed by atoms with Crippen molar-refractivity contribution in [3.05, 3.63) is 29.0 Å². The van der Waals surface area contributed by atoms with Gasteiger partial charge in [0.15, 0.2) is 0 Å². The van der Waals surface area contributed by atoms with E-state index in [2.05, 4.69) is 5.32 Å². The van der Waals surface area contributed by atoms with Gasteiger partial charge in [0.2, 0.25) is 0 Å². The summed E-state index contributed by atoms with van der Waals surface area (Å²) in [6.45, 7) is 2.22. The number of anilines is 1. The first kappa shape index (κ1) is 17.0. The van der Waals surface area contributed by atoms with Crippen LogP contribution in [0.4, 0.5) is 14.9 Å². The fourth-order valence-corrected chi connectivity index (χ4v) is 3.05. The minimum Gasteiger partial charge on any atom is -0.385 e. The Morgan fingerprint density at radius 1 is 1.50 bits per heavy atom. The smallest absolute Gasteiger partial charge is 0.321 e. The Morgan fingerprint density at radius 3 is 3.05 bits per heavy atom. The van der Waals surface area contributed by atoms with E-state index in [-0.39, 0.29) is 11.1 Å². The van der Waals surface area contributed by atoms with Crippen LogP contribution in [-0.2, 0) is 4.74 Å². The van der Waals surface area contributed by atoms with Crippen molar-refractivity contribution in [2.45, 2.75) is 25.7 Å². The summed E-state index contributed by atoms with van der Waals surface area (Å²) in [6.07, 6.45) is 4.20. The number of hydrogen-bond acceptors (Lipinski definition) is 2. The number of carbonyl (C=O) groups is 1. The van der Waals surface area contributed by atoms with Crippen LogP contribution in [-0.4, -0.2) is 37.7 Å². The minimum atomic E-state index is -0.459. The van der Waals surface area contributed by atoms with E-state index in [1.54, 1.807) is 18.1 Å². The number of benzene rings is 1. The van der Waals surface area contributed by atoms with Gasteiger partial charge in [0.05, 0.1) is 0 Å². The molecule has 0 bridgehead atoms. The van der Waals surface area contributed by atoms with Gasteiger partial charge in [-0.05, 0) is 49.8 Å². The van der Waals surface area contributed by atoms with Crippen molar-refractivity contribution in [1.82, 2.24) is 4.90 Å². The van der Waals surface area contributed by atoms with E-state index in [4.69, 9.17) is 16.3 Å². The molecule has 1 aromatic carbocycles. The quantitative estimate of drug-likeness (QED) is 0.825. The van der Waals surface area contributed by atoms with Crippen LogP contribution in [0.5, 0.6) is 0 Å². The Morgan fingerprint density at radius 2 is 2.32 bits per heavy atom. The third-order valence-electron chi connectivity index (χ3n) is 3.88. The third kappa shape index (κ3) is 5.14. The zero-order valence-corrected chi connectivity index (χ0v) is 13.5. The zero-order chi connectivity index (χ0) is 15.9. The van der Waals surface area contributed by atoms with Gasteiger partial charge in [-0.2, -0.15) is 0 Å². The topological polar surface area (TPSA) is 41.6 Å². The van der Waals surface area contributed by atoms with Crippen LogP contribution in [0.25, 0.3) is 0 Å². The first-order valence-corrected chi connectivity index (χ1v) is 7.97. The van der Waals surface area contributed by atoms with Crippen molar-refractivity contribution in [2.24, 2.45) is 5.92 Å². The van der Waals surface area contributed by atoms with Gasteiger partial charge in [-0.25, -0.2) is 9.18 Å². The Bertz CT molecular complexity index is 493. The van der Waals surface area contributed by atoms with E-state index in [0.717, 1.165) is 45.4 Å². The van der Waals surface area contributed by atoms with Gasteiger partial charge >= 0.3 is 6.03 Å². The highest BCUT2D eigenvalue weighted by Crippen LogP contribution is 2.23. The lowest BCUT2D eigenvalue weighted by Gasteiger charge is -2.32. The maximum absolute atomic E-state index is 13.3. The maximum Gasteiger partial charge on any atom is 0.321 e.